The van der Waals surface area contributed by atoms with Crippen molar-refractivity contribution >= 4 is 38.7 Å². The standard InChI is InChI=1S/C21H15BrF2N4O2/c1-30-19-5-4-12(22)7-14(19)21(29)28-6-2-3-13(28)10-26-20-11-25-17-8-15(23)16(24)9-18(17)27-20/h2-9,11H,10H2,1H3,(H,26,27). The van der Waals surface area contributed by atoms with Crippen LogP contribution in [0.4, 0.5) is 14.6 Å². The van der Waals surface area contributed by atoms with Gasteiger partial charge in [-0.05, 0) is 30.3 Å². The fourth-order valence-corrected chi connectivity index (χ4v) is 3.37. The summed E-state index contributed by atoms with van der Waals surface area (Å²) in [7, 11) is 1.51. The zero-order chi connectivity index (χ0) is 21.3. The maximum Gasteiger partial charge on any atom is 0.265 e. The third kappa shape index (κ3) is 3.88. The minimum atomic E-state index is -0.989. The number of nitrogens with one attached hydrogen (secondary N) is 1. The molecule has 0 aliphatic carbocycles. The number of carbonyl (C=O) groups is 1. The Hall–Kier alpha value is -3.33. The Morgan fingerprint density at radius 1 is 1.17 bits per heavy atom. The van der Waals surface area contributed by atoms with Crippen LogP contribution >= 0.6 is 15.9 Å². The van der Waals surface area contributed by atoms with Crippen molar-refractivity contribution in [2.45, 2.75) is 6.54 Å². The maximum absolute atomic E-state index is 13.5. The van der Waals surface area contributed by atoms with Crippen molar-refractivity contribution in [3.05, 3.63) is 82.2 Å². The predicted molar refractivity (Wildman–Crippen MR) is 112 cm³/mol. The molecule has 9 heteroatoms. The summed E-state index contributed by atoms with van der Waals surface area (Å²) in [6, 6.07) is 10.7. The molecule has 4 aromatic rings. The SMILES string of the molecule is COc1ccc(Br)cc1C(=O)n1cccc1CNc1cnc2cc(F)c(F)cc2n1. The molecule has 2 heterocycles. The summed E-state index contributed by atoms with van der Waals surface area (Å²) in [6.07, 6.45) is 3.08. The van der Waals surface area contributed by atoms with Crippen LogP contribution in [0.2, 0.25) is 0 Å². The van der Waals surface area contributed by atoms with Crippen LogP contribution in [0.3, 0.4) is 0 Å². The van der Waals surface area contributed by atoms with Crippen molar-refractivity contribution in [2.75, 3.05) is 12.4 Å². The van der Waals surface area contributed by atoms with Crippen LogP contribution in [0.15, 0.2) is 59.3 Å². The lowest BCUT2D eigenvalue weighted by Gasteiger charge is -2.12. The largest absolute Gasteiger partial charge is 0.496 e. The molecule has 152 valence electrons. The second-order valence-electron chi connectivity index (χ2n) is 6.38. The van der Waals surface area contributed by atoms with Gasteiger partial charge < -0.3 is 10.1 Å². The maximum atomic E-state index is 13.5. The molecule has 0 saturated heterocycles. The Morgan fingerprint density at radius 2 is 1.93 bits per heavy atom. The van der Waals surface area contributed by atoms with Crippen molar-refractivity contribution in [1.29, 1.82) is 0 Å². The molecule has 0 aliphatic heterocycles. The molecule has 0 saturated carbocycles. The van der Waals surface area contributed by atoms with Gasteiger partial charge in [0.25, 0.3) is 5.91 Å². The van der Waals surface area contributed by atoms with Crippen molar-refractivity contribution in [3.63, 3.8) is 0 Å². The Kier molecular flexibility index (Phi) is 5.45. The molecule has 0 unspecified atom stereocenters. The Bertz CT molecular complexity index is 1260. The zero-order valence-electron chi connectivity index (χ0n) is 15.7. The summed E-state index contributed by atoms with van der Waals surface area (Å²) < 4.78 is 34.3. The lowest BCUT2D eigenvalue weighted by atomic mass is 10.2. The first-order valence-electron chi connectivity index (χ1n) is 8.86. The zero-order valence-corrected chi connectivity index (χ0v) is 17.3. The van der Waals surface area contributed by atoms with Gasteiger partial charge in [-0.2, -0.15) is 0 Å². The third-order valence-corrected chi connectivity index (χ3v) is 4.97. The van der Waals surface area contributed by atoms with E-state index in [1.807, 2.05) is 0 Å². The molecule has 2 aromatic heterocycles. The van der Waals surface area contributed by atoms with Gasteiger partial charge in [-0.25, -0.2) is 13.8 Å². The highest BCUT2D eigenvalue weighted by molar-refractivity contribution is 9.10. The highest BCUT2D eigenvalue weighted by atomic mass is 79.9. The van der Waals surface area contributed by atoms with Gasteiger partial charge >= 0.3 is 0 Å². The number of anilines is 1. The minimum absolute atomic E-state index is 0.226. The summed E-state index contributed by atoms with van der Waals surface area (Å²) in [5, 5.41) is 3.06. The number of hydrogen-bond acceptors (Lipinski definition) is 5. The highest BCUT2D eigenvalue weighted by Crippen LogP contribution is 2.25. The van der Waals surface area contributed by atoms with E-state index < -0.39 is 11.6 Å². The fourth-order valence-electron chi connectivity index (χ4n) is 3.01. The van der Waals surface area contributed by atoms with Crippen molar-refractivity contribution in [1.82, 2.24) is 14.5 Å². The van der Waals surface area contributed by atoms with Crippen LogP contribution in [-0.2, 0) is 6.54 Å². The fraction of sp³-hybridized carbons (Fsp3) is 0.0952. The normalized spacial score (nSPS) is 10.9. The van der Waals surface area contributed by atoms with Gasteiger partial charge in [0.1, 0.15) is 11.6 Å². The number of ether oxygens (including phenoxy) is 1. The van der Waals surface area contributed by atoms with Gasteiger partial charge in [0.05, 0.1) is 36.4 Å². The molecule has 0 bridgehead atoms. The van der Waals surface area contributed by atoms with Gasteiger partial charge in [0.2, 0.25) is 0 Å². The van der Waals surface area contributed by atoms with E-state index in [9.17, 15) is 13.6 Å². The summed E-state index contributed by atoms with van der Waals surface area (Å²) in [5.41, 5.74) is 1.56. The molecule has 0 aliphatic rings. The molecular formula is C21H15BrF2N4O2. The molecule has 6 nitrogen and oxygen atoms in total. The minimum Gasteiger partial charge on any atom is -0.496 e. The number of fused-ring (bicyclic) bond motifs is 1. The number of rotatable bonds is 5. The second kappa shape index (κ2) is 8.19. The third-order valence-electron chi connectivity index (χ3n) is 4.48. The lowest BCUT2D eigenvalue weighted by Crippen LogP contribution is -2.17. The molecule has 0 atom stereocenters. The molecule has 0 spiro atoms. The van der Waals surface area contributed by atoms with Crippen molar-refractivity contribution < 1.29 is 18.3 Å². The average molecular weight is 473 g/mol. The van der Waals surface area contributed by atoms with Crippen LogP contribution in [0.5, 0.6) is 5.75 Å². The summed E-state index contributed by atoms with van der Waals surface area (Å²) in [6.45, 7) is 0.263. The number of nitrogens with zero attached hydrogens (tertiary/aromatic N) is 3. The molecule has 0 amide bonds. The second-order valence-corrected chi connectivity index (χ2v) is 7.30. The smallest absolute Gasteiger partial charge is 0.265 e. The number of carbonyl (C=O) groups excluding carboxylic acids is 1. The van der Waals surface area contributed by atoms with Crippen LogP contribution in [0, 0.1) is 11.6 Å². The van der Waals surface area contributed by atoms with E-state index in [1.165, 1.54) is 17.9 Å². The van der Waals surface area contributed by atoms with Gasteiger partial charge in [0.15, 0.2) is 11.6 Å². The number of methoxy groups -OCH3 is 1. The number of aromatic nitrogens is 3. The molecule has 1 N–H and O–H groups in total. The summed E-state index contributed by atoms with van der Waals surface area (Å²) in [5.74, 6) is -1.38. The van der Waals surface area contributed by atoms with Crippen molar-refractivity contribution in [3.8, 4) is 5.75 Å². The lowest BCUT2D eigenvalue weighted by molar-refractivity contribution is 0.0954. The van der Waals surface area contributed by atoms with Crippen LogP contribution in [0.1, 0.15) is 16.1 Å². The van der Waals surface area contributed by atoms with E-state index in [0.29, 0.717) is 22.8 Å². The first-order chi connectivity index (χ1) is 14.5. The average Bonchev–Trinajstić information content (AvgIpc) is 3.21. The number of halogens is 3. The Labute approximate surface area is 178 Å². The quantitative estimate of drug-likeness (QED) is 0.452. The van der Waals surface area contributed by atoms with Gasteiger partial charge in [-0.15, -0.1) is 0 Å². The number of benzene rings is 2. The van der Waals surface area contributed by atoms with E-state index in [0.717, 1.165) is 16.6 Å². The van der Waals surface area contributed by atoms with Crippen LogP contribution < -0.4 is 10.1 Å². The van der Waals surface area contributed by atoms with E-state index in [2.05, 4.69) is 31.2 Å². The van der Waals surface area contributed by atoms with Crippen molar-refractivity contribution in [2.24, 2.45) is 0 Å². The molecule has 2 aromatic carbocycles. The number of hydrogen-bond donors (Lipinski definition) is 1. The Morgan fingerprint density at radius 3 is 2.70 bits per heavy atom. The van der Waals surface area contributed by atoms with E-state index in [4.69, 9.17) is 4.74 Å². The van der Waals surface area contributed by atoms with Crippen LogP contribution in [-0.4, -0.2) is 27.6 Å². The van der Waals surface area contributed by atoms with Gasteiger partial charge in [-0.1, -0.05) is 15.9 Å². The van der Waals surface area contributed by atoms with Gasteiger partial charge in [-0.3, -0.25) is 14.3 Å². The predicted octanol–water partition coefficient (Wildman–Crippen LogP) is 4.78. The molecule has 0 fully saturated rings. The monoisotopic (exact) mass is 472 g/mol. The Balaban J connectivity index is 1.57. The summed E-state index contributed by atoms with van der Waals surface area (Å²) in [4.78, 5) is 21.4. The van der Waals surface area contributed by atoms with Crippen LogP contribution in [0.25, 0.3) is 11.0 Å². The molecule has 0 radical (unpaired) electrons. The first kappa shape index (κ1) is 20.0. The molecule has 4 rings (SSSR count). The van der Waals surface area contributed by atoms with E-state index >= 15 is 0 Å². The first-order valence-corrected chi connectivity index (χ1v) is 9.65. The molecular weight excluding hydrogens is 458 g/mol. The highest BCUT2D eigenvalue weighted by Gasteiger charge is 2.17. The molecule has 30 heavy (non-hydrogen) atoms. The summed E-state index contributed by atoms with van der Waals surface area (Å²) >= 11 is 3.37. The van der Waals surface area contributed by atoms with Gasteiger partial charge in [0, 0.05) is 28.5 Å². The van der Waals surface area contributed by atoms with E-state index in [1.54, 1.807) is 36.5 Å². The van der Waals surface area contributed by atoms with E-state index in [-0.39, 0.29) is 23.5 Å². The topological polar surface area (TPSA) is 69.0 Å².